The van der Waals surface area contributed by atoms with Crippen molar-refractivity contribution in [1.82, 2.24) is 24.6 Å². The minimum absolute atomic E-state index is 0.116. The van der Waals surface area contributed by atoms with Gasteiger partial charge in [0.1, 0.15) is 0 Å². The maximum absolute atomic E-state index is 14.0. The fourth-order valence-electron chi connectivity index (χ4n) is 4.74. The van der Waals surface area contributed by atoms with Crippen LogP contribution in [-0.4, -0.2) is 42.6 Å². The van der Waals surface area contributed by atoms with E-state index in [0.717, 1.165) is 40.7 Å². The first kappa shape index (κ1) is 20.1. The van der Waals surface area contributed by atoms with Crippen LogP contribution in [0, 0.1) is 5.92 Å². The van der Waals surface area contributed by atoms with E-state index in [9.17, 15) is 4.79 Å². The van der Waals surface area contributed by atoms with Gasteiger partial charge < -0.3 is 4.90 Å². The summed E-state index contributed by atoms with van der Waals surface area (Å²) in [4.78, 5) is 25.3. The molecule has 1 amide bonds. The van der Waals surface area contributed by atoms with E-state index in [1.54, 1.807) is 18.6 Å². The molecule has 33 heavy (non-hydrogen) atoms. The topological polar surface area (TPSA) is 63.9 Å². The van der Waals surface area contributed by atoms with Crippen molar-refractivity contribution in [2.24, 2.45) is 5.92 Å². The van der Waals surface area contributed by atoms with Gasteiger partial charge in [-0.3, -0.25) is 9.78 Å². The monoisotopic (exact) mass is 437 g/mol. The molecule has 3 heterocycles. The van der Waals surface area contributed by atoms with Crippen LogP contribution in [0.5, 0.6) is 0 Å². The molecule has 0 radical (unpaired) electrons. The second-order valence-electron chi connectivity index (χ2n) is 9.34. The van der Waals surface area contributed by atoms with Gasteiger partial charge in [-0.15, -0.1) is 0 Å². The largest absolute Gasteiger partial charge is 0.333 e. The van der Waals surface area contributed by atoms with Gasteiger partial charge in [0.05, 0.1) is 29.4 Å². The van der Waals surface area contributed by atoms with Gasteiger partial charge in [0.15, 0.2) is 5.65 Å². The van der Waals surface area contributed by atoms with Crippen molar-refractivity contribution < 1.29 is 4.79 Å². The van der Waals surface area contributed by atoms with Gasteiger partial charge in [-0.1, -0.05) is 30.3 Å². The Labute approximate surface area is 193 Å². The second kappa shape index (κ2) is 8.10. The normalized spacial score (nSPS) is 16.6. The van der Waals surface area contributed by atoms with E-state index in [-0.39, 0.29) is 11.9 Å². The number of carbonyl (C=O) groups is 1. The zero-order chi connectivity index (χ0) is 22.4. The molecule has 2 aliphatic rings. The lowest BCUT2D eigenvalue weighted by Crippen LogP contribution is -2.41. The Morgan fingerprint density at radius 3 is 2.55 bits per heavy atom. The molecular formula is C27H27N5O. The number of hydrogen-bond donors (Lipinski definition) is 0. The molecule has 2 fully saturated rings. The molecule has 166 valence electrons. The summed E-state index contributed by atoms with van der Waals surface area (Å²) in [6, 6.07) is 16.6. The Morgan fingerprint density at radius 2 is 1.85 bits per heavy atom. The van der Waals surface area contributed by atoms with Crippen molar-refractivity contribution in [2.75, 3.05) is 0 Å². The smallest absolute Gasteiger partial charge is 0.255 e. The first-order valence-electron chi connectivity index (χ1n) is 11.8. The van der Waals surface area contributed by atoms with Crippen molar-refractivity contribution in [3.8, 4) is 11.3 Å². The molecule has 2 aliphatic carbocycles. The molecule has 6 heteroatoms. The van der Waals surface area contributed by atoms with Crippen LogP contribution in [-0.2, 0) is 6.54 Å². The average Bonchev–Trinajstić information content (AvgIpc) is 3.78. The summed E-state index contributed by atoms with van der Waals surface area (Å²) < 4.78 is 1.89. The summed E-state index contributed by atoms with van der Waals surface area (Å²) in [5.41, 5.74) is 4.35. The van der Waals surface area contributed by atoms with Crippen LogP contribution in [0.1, 0.15) is 48.5 Å². The van der Waals surface area contributed by atoms with E-state index in [1.165, 1.54) is 12.8 Å². The Hall–Kier alpha value is -3.54. The predicted octanol–water partition coefficient (Wildman–Crippen LogP) is 4.94. The molecule has 6 rings (SSSR count). The number of hydrogen-bond acceptors (Lipinski definition) is 4. The van der Waals surface area contributed by atoms with Crippen molar-refractivity contribution in [2.45, 2.75) is 51.2 Å². The highest BCUT2D eigenvalue weighted by Crippen LogP contribution is 2.41. The quantitative estimate of drug-likeness (QED) is 0.411. The van der Waals surface area contributed by atoms with E-state index in [2.05, 4.69) is 21.9 Å². The van der Waals surface area contributed by atoms with Crippen molar-refractivity contribution in [3.05, 3.63) is 78.2 Å². The van der Waals surface area contributed by atoms with E-state index >= 15 is 0 Å². The van der Waals surface area contributed by atoms with Crippen molar-refractivity contribution in [1.29, 1.82) is 0 Å². The summed E-state index contributed by atoms with van der Waals surface area (Å²) >= 11 is 0. The Balaban J connectivity index is 1.47. The summed E-state index contributed by atoms with van der Waals surface area (Å²) in [5, 5.41) is 5.47. The Kier molecular flexibility index (Phi) is 4.93. The summed E-state index contributed by atoms with van der Waals surface area (Å²) in [5.74, 6) is 0.750. The van der Waals surface area contributed by atoms with Crippen LogP contribution in [0.3, 0.4) is 0 Å². The van der Waals surface area contributed by atoms with Crippen LogP contribution < -0.4 is 0 Å². The van der Waals surface area contributed by atoms with E-state index in [4.69, 9.17) is 4.98 Å². The zero-order valence-corrected chi connectivity index (χ0v) is 18.8. The van der Waals surface area contributed by atoms with E-state index < -0.39 is 0 Å². The van der Waals surface area contributed by atoms with Crippen LogP contribution in [0.25, 0.3) is 22.3 Å². The molecule has 1 atom stereocenters. The van der Waals surface area contributed by atoms with E-state index in [0.29, 0.717) is 24.1 Å². The van der Waals surface area contributed by atoms with E-state index in [1.807, 2.05) is 53.2 Å². The van der Waals surface area contributed by atoms with Gasteiger partial charge in [-0.05, 0) is 62.3 Å². The molecule has 0 N–H and O–H groups in total. The van der Waals surface area contributed by atoms with Crippen LogP contribution in [0.15, 0.2) is 67.1 Å². The summed E-state index contributed by atoms with van der Waals surface area (Å²) in [6.45, 7) is 2.80. The predicted molar refractivity (Wildman–Crippen MR) is 128 cm³/mol. The molecule has 0 aliphatic heterocycles. The third-order valence-corrected chi connectivity index (χ3v) is 6.91. The molecule has 2 saturated carbocycles. The number of benzene rings is 1. The fourth-order valence-corrected chi connectivity index (χ4v) is 4.74. The zero-order valence-electron chi connectivity index (χ0n) is 18.8. The number of amides is 1. The summed E-state index contributed by atoms with van der Waals surface area (Å²) in [7, 11) is 0. The standard InChI is InChI=1S/C27H27N5O/c1-18(20-7-8-20)32(22-9-10-22)27(33)23-15-25(21-5-3-2-4-6-21)30-26-24(23)16-29-31(26)17-19-11-13-28-14-12-19/h2-6,11-16,18,20,22H,7-10,17H2,1H3. The highest BCUT2D eigenvalue weighted by atomic mass is 16.2. The molecule has 0 saturated heterocycles. The minimum Gasteiger partial charge on any atom is -0.333 e. The molecular weight excluding hydrogens is 410 g/mol. The third-order valence-electron chi connectivity index (χ3n) is 6.91. The third kappa shape index (κ3) is 3.90. The van der Waals surface area contributed by atoms with Crippen molar-refractivity contribution in [3.63, 3.8) is 0 Å². The molecule has 3 aromatic heterocycles. The first-order valence-corrected chi connectivity index (χ1v) is 11.8. The van der Waals surface area contributed by atoms with Gasteiger partial charge in [0, 0.05) is 30.0 Å². The van der Waals surface area contributed by atoms with Gasteiger partial charge in [-0.2, -0.15) is 5.10 Å². The maximum atomic E-state index is 14.0. The van der Waals surface area contributed by atoms with Gasteiger partial charge >= 0.3 is 0 Å². The Bertz CT molecular complexity index is 1290. The number of carbonyl (C=O) groups excluding carboxylic acids is 1. The number of fused-ring (bicyclic) bond motifs is 1. The van der Waals surface area contributed by atoms with Crippen LogP contribution in [0.2, 0.25) is 0 Å². The molecule has 4 aromatic rings. The van der Waals surface area contributed by atoms with Gasteiger partial charge in [0.2, 0.25) is 0 Å². The first-order chi connectivity index (χ1) is 16.2. The molecule has 0 bridgehead atoms. The number of aromatic nitrogens is 4. The fraction of sp³-hybridized carbons (Fsp3) is 0.333. The number of rotatable bonds is 7. The molecule has 1 aromatic carbocycles. The molecule has 1 unspecified atom stereocenters. The highest BCUT2D eigenvalue weighted by molar-refractivity contribution is 6.06. The highest BCUT2D eigenvalue weighted by Gasteiger charge is 2.42. The number of nitrogens with zero attached hydrogens (tertiary/aromatic N) is 5. The lowest BCUT2D eigenvalue weighted by atomic mass is 10.0. The minimum atomic E-state index is 0.116. The lowest BCUT2D eigenvalue weighted by Gasteiger charge is -2.30. The summed E-state index contributed by atoms with van der Waals surface area (Å²) in [6.07, 6.45) is 10.0. The van der Waals surface area contributed by atoms with Gasteiger partial charge in [-0.25, -0.2) is 9.67 Å². The second-order valence-corrected chi connectivity index (χ2v) is 9.34. The Morgan fingerprint density at radius 1 is 1.09 bits per heavy atom. The molecule has 0 spiro atoms. The maximum Gasteiger partial charge on any atom is 0.255 e. The van der Waals surface area contributed by atoms with Crippen LogP contribution >= 0.6 is 0 Å². The SMILES string of the molecule is CC(C1CC1)N(C(=O)c1cc(-c2ccccc2)nc2c1cnn2Cc1ccncc1)C1CC1. The molecule has 6 nitrogen and oxygen atoms in total. The van der Waals surface area contributed by atoms with Crippen LogP contribution in [0.4, 0.5) is 0 Å². The van der Waals surface area contributed by atoms with Gasteiger partial charge in [0.25, 0.3) is 5.91 Å². The lowest BCUT2D eigenvalue weighted by molar-refractivity contribution is 0.0656. The van der Waals surface area contributed by atoms with Crippen molar-refractivity contribution >= 4 is 16.9 Å². The number of pyridine rings is 2. The average molecular weight is 438 g/mol.